The third-order valence-corrected chi connectivity index (χ3v) is 3.01. The second-order valence-electron chi connectivity index (χ2n) is 3.81. The lowest BCUT2D eigenvalue weighted by atomic mass is 10.3. The highest BCUT2D eigenvalue weighted by Crippen LogP contribution is 2.29. The molecule has 0 aliphatic heterocycles. The van der Waals surface area contributed by atoms with Crippen LogP contribution in [0.5, 0.6) is 11.6 Å². The van der Waals surface area contributed by atoms with Gasteiger partial charge in [0.25, 0.3) is 0 Å². The van der Waals surface area contributed by atoms with Crippen molar-refractivity contribution in [1.82, 2.24) is 15.3 Å². The van der Waals surface area contributed by atoms with Crippen LogP contribution in [0.15, 0.2) is 34.9 Å². The summed E-state index contributed by atoms with van der Waals surface area (Å²) in [5.41, 5.74) is 0.929. The third kappa shape index (κ3) is 3.05. The molecule has 2 rings (SSSR count). The van der Waals surface area contributed by atoms with E-state index in [0.29, 0.717) is 18.2 Å². The van der Waals surface area contributed by atoms with Crippen LogP contribution in [0.2, 0.25) is 0 Å². The van der Waals surface area contributed by atoms with E-state index in [-0.39, 0.29) is 0 Å². The minimum Gasteiger partial charge on any atom is -0.437 e. The smallest absolute Gasteiger partial charge is 0.227 e. The fraction of sp³-hybridized carbons (Fsp3) is 0.231. The number of hydrogen-bond acceptors (Lipinski definition) is 4. The normalized spacial score (nSPS) is 10.4. The molecule has 0 saturated carbocycles. The van der Waals surface area contributed by atoms with Crippen molar-refractivity contribution >= 4 is 15.9 Å². The number of ether oxygens (including phenoxy) is 1. The molecule has 0 radical (unpaired) electrons. The Hall–Kier alpha value is -1.46. The van der Waals surface area contributed by atoms with Gasteiger partial charge in [-0.1, -0.05) is 12.1 Å². The van der Waals surface area contributed by atoms with Gasteiger partial charge < -0.3 is 10.1 Å². The molecule has 0 aliphatic rings. The van der Waals surface area contributed by atoms with Crippen LogP contribution < -0.4 is 10.1 Å². The number of aryl methyl sites for hydroxylation is 1. The molecule has 4 nitrogen and oxygen atoms in total. The summed E-state index contributed by atoms with van der Waals surface area (Å²) in [6.07, 6.45) is 1.78. The molecule has 2 aromatic rings. The van der Waals surface area contributed by atoms with Crippen molar-refractivity contribution in [2.24, 2.45) is 0 Å². The zero-order valence-corrected chi connectivity index (χ0v) is 11.9. The molecular weight excluding hydrogens is 294 g/mol. The maximum absolute atomic E-state index is 5.84. The van der Waals surface area contributed by atoms with Gasteiger partial charge in [0.2, 0.25) is 5.88 Å². The molecule has 1 N–H and O–H groups in total. The van der Waals surface area contributed by atoms with E-state index in [0.717, 1.165) is 15.8 Å². The average molecular weight is 308 g/mol. The first-order valence-corrected chi connectivity index (χ1v) is 6.39. The molecule has 18 heavy (non-hydrogen) atoms. The maximum Gasteiger partial charge on any atom is 0.227 e. The van der Waals surface area contributed by atoms with Gasteiger partial charge in [-0.25, -0.2) is 4.98 Å². The van der Waals surface area contributed by atoms with Crippen molar-refractivity contribution < 1.29 is 4.74 Å². The van der Waals surface area contributed by atoms with E-state index in [2.05, 4.69) is 31.2 Å². The van der Waals surface area contributed by atoms with E-state index in [4.69, 9.17) is 4.74 Å². The molecule has 0 amide bonds. The van der Waals surface area contributed by atoms with Gasteiger partial charge in [-0.2, -0.15) is 4.98 Å². The SMILES string of the molecule is CNCc1cnc(C)nc1Oc1ccccc1Br. The van der Waals surface area contributed by atoms with Crippen LogP contribution in [0.1, 0.15) is 11.4 Å². The van der Waals surface area contributed by atoms with Crippen LogP contribution in [0, 0.1) is 6.92 Å². The fourth-order valence-corrected chi connectivity index (χ4v) is 1.87. The molecule has 5 heteroatoms. The lowest BCUT2D eigenvalue weighted by Gasteiger charge is -2.11. The topological polar surface area (TPSA) is 47.0 Å². The molecule has 0 unspecified atom stereocenters. The predicted octanol–water partition coefficient (Wildman–Crippen LogP) is 3.06. The Bertz CT molecular complexity index is 546. The lowest BCUT2D eigenvalue weighted by Crippen LogP contribution is -2.08. The van der Waals surface area contributed by atoms with Crippen molar-refractivity contribution in [3.8, 4) is 11.6 Å². The quantitative estimate of drug-likeness (QED) is 0.943. The second kappa shape index (κ2) is 5.93. The van der Waals surface area contributed by atoms with E-state index in [9.17, 15) is 0 Å². The van der Waals surface area contributed by atoms with Gasteiger partial charge in [-0.15, -0.1) is 0 Å². The van der Waals surface area contributed by atoms with E-state index >= 15 is 0 Å². The molecule has 1 aromatic carbocycles. The Morgan fingerprint density at radius 2 is 2.11 bits per heavy atom. The summed E-state index contributed by atoms with van der Waals surface area (Å²) < 4.78 is 6.74. The van der Waals surface area contributed by atoms with Gasteiger partial charge in [-0.3, -0.25) is 0 Å². The Labute approximate surface area is 115 Å². The maximum atomic E-state index is 5.84. The lowest BCUT2D eigenvalue weighted by molar-refractivity contribution is 0.448. The third-order valence-electron chi connectivity index (χ3n) is 2.36. The first kappa shape index (κ1) is 13.0. The summed E-state index contributed by atoms with van der Waals surface area (Å²) in [6, 6.07) is 7.69. The van der Waals surface area contributed by atoms with Crippen LogP contribution in [0.3, 0.4) is 0 Å². The summed E-state index contributed by atoms with van der Waals surface area (Å²) in [7, 11) is 1.88. The van der Waals surface area contributed by atoms with Crippen molar-refractivity contribution in [3.05, 3.63) is 46.3 Å². The van der Waals surface area contributed by atoms with Crippen LogP contribution >= 0.6 is 15.9 Å². The molecule has 0 saturated heterocycles. The van der Waals surface area contributed by atoms with Gasteiger partial charge >= 0.3 is 0 Å². The van der Waals surface area contributed by atoms with E-state index < -0.39 is 0 Å². The molecule has 0 aliphatic carbocycles. The molecular formula is C13H14BrN3O. The van der Waals surface area contributed by atoms with E-state index in [1.54, 1.807) is 6.20 Å². The minimum absolute atomic E-state index is 0.587. The van der Waals surface area contributed by atoms with Crippen LogP contribution in [-0.4, -0.2) is 17.0 Å². The largest absolute Gasteiger partial charge is 0.437 e. The molecule has 0 fully saturated rings. The molecule has 0 bridgehead atoms. The monoisotopic (exact) mass is 307 g/mol. The van der Waals surface area contributed by atoms with Gasteiger partial charge in [0.15, 0.2) is 0 Å². The average Bonchev–Trinajstić information content (AvgIpc) is 2.36. The van der Waals surface area contributed by atoms with Gasteiger partial charge in [0.1, 0.15) is 11.6 Å². The van der Waals surface area contributed by atoms with Crippen molar-refractivity contribution in [2.45, 2.75) is 13.5 Å². The molecule has 0 spiro atoms. The number of nitrogens with zero attached hydrogens (tertiary/aromatic N) is 2. The highest BCUT2D eigenvalue weighted by molar-refractivity contribution is 9.10. The van der Waals surface area contributed by atoms with Crippen molar-refractivity contribution in [3.63, 3.8) is 0 Å². The van der Waals surface area contributed by atoms with Gasteiger partial charge in [-0.05, 0) is 42.0 Å². The molecule has 1 heterocycles. The van der Waals surface area contributed by atoms with Crippen LogP contribution in [0.25, 0.3) is 0 Å². The van der Waals surface area contributed by atoms with E-state index in [1.807, 2.05) is 38.2 Å². The van der Waals surface area contributed by atoms with Crippen LogP contribution in [0.4, 0.5) is 0 Å². The van der Waals surface area contributed by atoms with Crippen LogP contribution in [-0.2, 0) is 6.54 Å². The van der Waals surface area contributed by atoms with E-state index in [1.165, 1.54) is 0 Å². The first-order valence-electron chi connectivity index (χ1n) is 5.60. The fourth-order valence-electron chi connectivity index (χ4n) is 1.51. The Balaban J connectivity index is 2.33. The predicted molar refractivity (Wildman–Crippen MR) is 73.7 cm³/mol. The summed E-state index contributed by atoms with van der Waals surface area (Å²) in [5, 5.41) is 3.07. The minimum atomic E-state index is 0.587. The summed E-state index contributed by atoms with van der Waals surface area (Å²) in [6.45, 7) is 2.51. The zero-order valence-electron chi connectivity index (χ0n) is 10.3. The molecule has 1 aromatic heterocycles. The summed E-state index contributed by atoms with van der Waals surface area (Å²) >= 11 is 3.45. The highest BCUT2D eigenvalue weighted by atomic mass is 79.9. The Kier molecular flexibility index (Phi) is 4.28. The zero-order chi connectivity index (χ0) is 13.0. The number of hydrogen-bond donors (Lipinski definition) is 1. The number of aromatic nitrogens is 2. The number of rotatable bonds is 4. The van der Waals surface area contributed by atoms with Crippen molar-refractivity contribution in [2.75, 3.05) is 7.05 Å². The highest BCUT2D eigenvalue weighted by Gasteiger charge is 2.09. The summed E-state index contributed by atoms with van der Waals surface area (Å²) in [4.78, 5) is 8.51. The Morgan fingerprint density at radius 3 is 2.83 bits per heavy atom. The first-order chi connectivity index (χ1) is 8.70. The Morgan fingerprint density at radius 1 is 1.33 bits per heavy atom. The molecule has 0 atom stereocenters. The van der Waals surface area contributed by atoms with Gasteiger partial charge in [0, 0.05) is 18.3 Å². The number of benzene rings is 1. The standard InChI is InChI=1S/C13H14BrN3O/c1-9-16-8-10(7-15-2)13(17-9)18-12-6-4-3-5-11(12)14/h3-6,8,15H,7H2,1-2H3. The second-order valence-corrected chi connectivity index (χ2v) is 4.66. The van der Waals surface area contributed by atoms with Crippen molar-refractivity contribution in [1.29, 1.82) is 0 Å². The number of para-hydroxylation sites is 1. The number of nitrogens with one attached hydrogen (secondary N) is 1. The number of halogens is 1. The molecule has 94 valence electrons. The van der Waals surface area contributed by atoms with Gasteiger partial charge in [0.05, 0.1) is 4.47 Å². The summed E-state index contributed by atoms with van der Waals surface area (Å²) in [5.74, 6) is 2.02.